The van der Waals surface area contributed by atoms with Crippen molar-refractivity contribution in [3.8, 4) is 0 Å². The van der Waals surface area contributed by atoms with Crippen LogP contribution in [0, 0.1) is 6.92 Å². The maximum absolute atomic E-state index is 11.4. The molecule has 5 heteroatoms. The van der Waals surface area contributed by atoms with Gasteiger partial charge in [-0.1, -0.05) is 6.07 Å². The molecule has 2 aromatic rings. The number of hydrogen-bond donors (Lipinski definition) is 2. The van der Waals surface area contributed by atoms with Crippen LogP contribution in [0.4, 0.5) is 5.69 Å². The van der Waals surface area contributed by atoms with E-state index in [0.717, 1.165) is 35.2 Å². The molecule has 1 aromatic carbocycles. The van der Waals surface area contributed by atoms with Gasteiger partial charge in [-0.3, -0.25) is 0 Å². The molecule has 1 fully saturated rings. The second-order valence-electron chi connectivity index (χ2n) is 5.75. The van der Waals surface area contributed by atoms with Crippen molar-refractivity contribution in [2.45, 2.75) is 32.9 Å². The summed E-state index contributed by atoms with van der Waals surface area (Å²) in [4.78, 5) is 20.5. The number of nitrogens with zero attached hydrogens (tertiary/aromatic N) is 2. The first-order chi connectivity index (χ1) is 9.54. The van der Waals surface area contributed by atoms with Crippen molar-refractivity contribution in [2.75, 3.05) is 18.0 Å². The third-order valence-corrected chi connectivity index (χ3v) is 3.87. The van der Waals surface area contributed by atoms with Crippen molar-refractivity contribution in [3.05, 3.63) is 34.4 Å². The molecule has 1 saturated heterocycles. The highest BCUT2D eigenvalue weighted by molar-refractivity contribution is 5.93. The molecule has 0 spiro atoms. The van der Waals surface area contributed by atoms with Gasteiger partial charge in [0.05, 0.1) is 5.52 Å². The fourth-order valence-corrected chi connectivity index (χ4v) is 3.08. The number of benzene rings is 1. The summed E-state index contributed by atoms with van der Waals surface area (Å²) in [6, 6.07) is 5.09. The first-order valence-corrected chi connectivity index (χ1v) is 7.04. The van der Waals surface area contributed by atoms with Gasteiger partial charge in [0.2, 0.25) is 0 Å². The molecule has 0 aliphatic carbocycles. The summed E-state index contributed by atoms with van der Waals surface area (Å²) < 4.78 is 0. The van der Waals surface area contributed by atoms with Crippen molar-refractivity contribution < 1.29 is 0 Å². The topological polar surface area (TPSA) is 61.0 Å². The Balaban J connectivity index is 2.12. The summed E-state index contributed by atoms with van der Waals surface area (Å²) >= 11 is 0. The summed E-state index contributed by atoms with van der Waals surface area (Å²) in [5.74, 6) is 0. The van der Waals surface area contributed by atoms with Gasteiger partial charge in [-0.2, -0.15) is 0 Å². The predicted molar refractivity (Wildman–Crippen MR) is 81.4 cm³/mol. The van der Waals surface area contributed by atoms with Crippen molar-refractivity contribution >= 4 is 16.6 Å². The Labute approximate surface area is 118 Å². The van der Waals surface area contributed by atoms with Gasteiger partial charge in [0.25, 0.3) is 0 Å². The molecule has 2 unspecified atom stereocenters. The fourth-order valence-electron chi connectivity index (χ4n) is 3.08. The number of piperazine rings is 1. The van der Waals surface area contributed by atoms with E-state index >= 15 is 0 Å². The first-order valence-electron chi connectivity index (χ1n) is 7.04. The molecule has 0 amide bonds. The van der Waals surface area contributed by atoms with Crippen molar-refractivity contribution in [1.29, 1.82) is 0 Å². The van der Waals surface area contributed by atoms with E-state index in [-0.39, 0.29) is 5.69 Å². The number of hydrogen-bond acceptors (Lipinski definition) is 4. The molecule has 2 atom stereocenters. The lowest BCUT2D eigenvalue weighted by molar-refractivity contribution is 0.407. The van der Waals surface area contributed by atoms with Crippen molar-refractivity contribution in [1.82, 2.24) is 15.3 Å². The molecule has 2 N–H and O–H groups in total. The highest BCUT2D eigenvalue weighted by Crippen LogP contribution is 2.28. The van der Waals surface area contributed by atoms with Crippen LogP contribution in [-0.2, 0) is 0 Å². The van der Waals surface area contributed by atoms with Crippen LogP contribution in [0.2, 0.25) is 0 Å². The molecule has 1 aliphatic heterocycles. The summed E-state index contributed by atoms with van der Waals surface area (Å²) in [5, 5.41) is 4.55. The molecule has 1 aliphatic rings. The zero-order chi connectivity index (χ0) is 14.3. The quantitative estimate of drug-likeness (QED) is 0.824. The lowest BCUT2D eigenvalue weighted by atomic mass is 10.1. The zero-order valence-electron chi connectivity index (χ0n) is 12.1. The largest absolute Gasteiger partial charge is 0.368 e. The number of nitrogens with one attached hydrogen (secondary N) is 2. The summed E-state index contributed by atoms with van der Waals surface area (Å²) in [7, 11) is 0. The van der Waals surface area contributed by atoms with Gasteiger partial charge in [0.1, 0.15) is 0 Å². The molecule has 106 valence electrons. The second-order valence-corrected chi connectivity index (χ2v) is 5.75. The lowest BCUT2D eigenvalue weighted by Crippen LogP contribution is -2.54. The number of aromatic amines is 1. The highest BCUT2D eigenvalue weighted by atomic mass is 16.1. The number of H-pyrrole nitrogens is 1. The van der Waals surface area contributed by atoms with Crippen molar-refractivity contribution in [2.24, 2.45) is 0 Å². The minimum Gasteiger partial charge on any atom is -0.368 e. The third-order valence-electron chi connectivity index (χ3n) is 3.87. The van der Waals surface area contributed by atoms with E-state index < -0.39 is 0 Å². The Morgan fingerprint density at radius 2 is 1.95 bits per heavy atom. The Bertz CT molecular complexity index is 684. The summed E-state index contributed by atoms with van der Waals surface area (Å²) in [6.45, 7) is 8.31. The Morgan fingerprint density at radius 3 is 2.65 bits per heavy atom. The average molecular weight is 272 g/mol. The van der Waals surface area contributed by atoms with Crippen LogP contribution in [0.5, 0.6) is 0 Å². The van der Waals surface area contributed by atoms with Gasteiger partial charge in [-0.05, 0) is 32.4 Å². The van der Waals surface area contributed by atoms with Gasteiger partial charge in [-0.15, -0.1) is 0 Å². The monoisotopic (exact) mass is 272 g/mol. The molecule has 2 heterocycles. The van der Waals surface area contributed by atoms with Gasteiger partial charge in [0, 0.05) is 42.4 Å². The molecule has 1 aromatic heterocycles. The molecule has 20 heavy (non-hydrogen) atoms. The van der Waals surface area contributed by atoms with Gasteiger partial charge in [0.15, 0.2) is 0 Å². The van der Waals surface area contributed by atoms with E-state index in [1.165, 1.54) is 0 Å². The van der Waals surface area contributed by atoms with E-state index in [2.05, 4.69) is 46.2 Å². The molecule has 0 saturated carbocycles. The van der Waals surface area contributed by atoms with Gasteiger partial charge >= 0.3 is 5.69 Å². The first kappa shape index (κ1) is 13.1. The maximum atomic E-state index is 11.4. The SMILES string of the molecule is Cc1ccc(N2CC(C)NC(C)C2)c2cnc(=O)[nH]c12. The number of anilines is 1. The third kappa shape index (κ3) is 2.29. The molecule has 3 rings (SSSR count). The number of rotatable bonds is 1. The van der Waals surface area contributed by atoms with Gasteiger partial charge in [-0.25, -0.2) is 9.78 Å². The smallest absolute Gasteiger partial charge is 0.345 e. The van der Waals surface area contributed by atoms with E-state index in [1.54, 1.807) is 6.20 Å². The average Bonchev–Trinajstić information content (AvgIpc) is 2.38. The van der Waals surface area contributed by atoms with Crippen LogP contribution in [0.25, 0.3) is 10.9 Å². The lowest BCUT2D eigenvalue weighted by Gasteiger charge is -2.38. The van der Waals surface area contributed by atoms with Crippen molar-refractivity contribution in [3.63, 3.8) is 0 Å². The second kappa shape index (κ2) is 4.90. The van der Waals surface area contributed by atoms with Crippen LogP contribution >= 0.6 is 0 Å². The molecule has 0 radical (unpaired) electrons. The number of aromatic nitrogens is 2. The zero-order valence-corrected chi connectivity index (χ0v) is 12.1. The standard InChI is InChI=1S/C15H20N4O/c1-9-4-5-13(12-6-16-15(20)18-14(9)12)19-7-10(2)17-11(3)8-19/h4-6,10-11,17H,7-8H2,1-3H3,(H,16,18,20). The minimum absolute atomic E-state index is 0.292. The van der Waals surface area contributed by atoms with Crippen LogP contribution in [0.1, 0.15) is 19.4 Å². The Kier molecular flexibility index (Phi) is 3.22. The summed E-state index contributed by atoms with van der Waals surface area (Å²) in [5.41, 5.74) is 2.81. The number of fused-ring (bicyclic) bond motifs is 1. The van der Waals surface area contributed by atoms with E-state index in [4.69, 9.17) is 0 Å². The molecular formula is C15H20N4O. The highest BCUT2D eigenvalue weighted by Gasteiger charge is 2.22. The fraction of sp³-hybridized carbons (Fsp3) is 0.467. The molecular weight excluding hydrogens is 252 g/mol. The Morgan fingerprint density at radius 1 is 1.25 bits per heavy atom. The van der Waals surface area contributed by atoms with Crippen LogP contribution in [0.15, 0.2) is 23.1 Å². The molecule has 5 nitrogen and oxygen atoms in total. The Hall–Kier alpha value is -1.88. The van der Waals surface area contributed by atoms with Crippen LogP contribution in [0.3, 0.4) is 0 Å². The van der Waals surface area contributed by atoms with Crippen LogP contribution in [-0.4, -0.2) is 35.1 Å². The normalized spacial score (nSPS) is 23.2. The maximum Gasteiger partial charge on any atom is 0.345 e. The predicted octanol–water partition coefficient (Wildman–Crippen LogP) is 1.42. The molecule has 0 bridgehead atoms. The van der Waals surface area contributed by atoms with Crippen LogP contribution < -0.4 is 15.9 Å². The van der Waals surface area contributed by atoms with Gasteiger partial charge < -0.3 is 15.2 Å². The van der Waals surface area contributed by atoms with E-state index in [1.807, 2.05) is 6.92 Å². The minimum atomic E-state index is -0.292. The van der Waals surface area contributed by atoms with E-state index in [0.29, 0.717) is 12.1 Å². The number of aryl methyl sites for hydroxylation is 1. The van der Waals surface area contributed by atoms with E-state index in [9.17, 15) is 4.79 Å². The summed E-state index contributed by atoms with van der Waals surface area (Å²) in [6.07, 6.45) is 1.69.